The topological polar surface area (TPSA) is 33.2 Å². The van der Waals surface area contributed by atoms with Gasteiger partial charge in [0.05, 0.1) is 0 Å². The largest absolute Gasteiger partial charge is 0.436 e. The number of aromatic nitrogens is 2. The summed E-state index contributed by atoms with van der Waals surface area (Å²) in [7, 11) is 3.79. The molecule has 5 rings (SSSR count). The zero-order chi connectivity index (χ0) is 26.0. The molecule has 0 amide bonds. The van der Waals surface area contributed by atoms with E-state index in [2.05, 4.69) is 4.98 Å². The number of rotatable bonds is 2. The van der Waals surface area contributed by atoms with Gasteiger partial charge in [-0.1, -0.05) is 35.8 Å². The van der Waals surface area contributed by atoms with Crippen molar-refractivity contribution in [3.8, 4) is 11.1 Å². The first kappa shape index (κ1) is 13.1. The van der Waals surface area contributed by atoms with Gasteiger partial charge in [-0.3, -0.25) is 0 Å². The van der Waals surface area contributed by atoms with E-state index in [9.17, 15) is 0 Å². The van der Waals surface area contributed by atoms with Crippen LogP contribution in [0.2, 0.25) is 0 Å². The lowest BCUT2D eigenvalue weighted by Gasteiger charge is -2.25. The lowest BCUT2D eigenvalue weighted by Crippen LogP contribution is -2.62. The summed E-state index contributed by atoms with van der Waals surface area (Å²) in [6, 6.07) is 14.7. The van der Waals surface area contributed by atoms with E-state index in [0.717, 1.165) is 27.2 Å². The highest BCUT2D eigenvalue weighted by molar-refractivity contribution is 6.85. The summed E-state index contributed by atoms with van der Waals surface area (Å²) in [6.07, 6.45) is 3.57. The summed E-state index contributed by atoms with van der Waals surface area (Å²) in [5.74, 6) is 0. The number of pyridine rings is 2. The normalized spacial score (nSPS) is 17.4. The molecule has 0 saturated heterocycles. The Hall–Kier alpha value is -3.34. The van der Waals surface area contributed by atoms with Gasteiger partial charge in [0.1, 0.15) is 7.05 Å². The summed E-state index contributed by atoms with van der Waals surface area (Å²) in [5, 5.41) is 1.62. The zero-order valence-electron chi connectivity index (χ0n) is 23.1. The highest BCUT2D eigenvalue weighted by Gasteiger charge is 2.36. The van der Waals surface area contributed by atoms with Crippen LogP contribution in [-0.4, -0.2) is 23.7 Å². The maximum Gasteiger partial charge on any atom is 0.399 e. The van der Waals surface area contributed by atoms with Gasteiger partial charge < -0.3 is 9.23 Å². The predicted octanol–water partition coefficient (Wildman–Crippen LogP) is 2.23. The van der Waals surface area contributed by atoms with E-state index in [0.29, 0.717) is 11.0 Å². The molecule has 0 atom stereocenters. The fourth-order valence-corrected chi connectivity index (χ4v) is 4.42. The van der Waals surface area contributed by atoms with Gasteiger partial charge in [0.2, 0.25) is 5.71 Å². The van der Waals surface area contributed by atoms with Gasteiger partial charge >= 0.3 is 6.85 Å². The van der Waals surface area contributed by atoms with Gasteiger partial charge in [-0.15, -0.1) is 0 Å². The molecule has 0 N–H and O–H groups in total. The van der Waals surface area contributed by atoms with Crippen LogP contribution in [-0.2, 0) is 7.05 Å². The van der Waals surface area contributed by atoms with E-state index in [1.54, 1.807) is 12.3 Å². The molecule has 0 bridgehead atoms. The molecular formula is C25H25BN3O+. The fraction of sp³-hybridized carbons (Fsp3) is 0.200. The standard InChI is InChI=1S/C25H25BN3O/c1-16-14-28(4)23(13-21(16)19-9-7-6-8-10-19)26-18(3)24-20-12-11-17(2)27-25(20)30-22(24)15-29(26)5/h6-15H,1-5H3/q+1/i1D3,2D3. The average molecular weight is 400 g/mol. The molecule has 0 fully saturated rings. The van der Waals surface area contributed by atoms with Crippen LogP contribution in [0.25, 0.3) is 33.9 Å². The van der Waals surface area contributed by atoms with Crippen molar-refractivity contribution in [2.45, 2.75) is 20.6 Å². The molecule has 4 heterocycles. The number of nitrogens with zero attached hydrogens (tertiary/aromatic N) is 3. The first-order valence-corrected chi connectivity index (χ1v) is 9.80. The second-order valence-electron chi connectivity index (χ2n) is 7.77. The van der Waals surface area contributed by atoms with Crippen LogP contribution in [0.5, 0.6) is 0 Å². The maximum atomic E-state index is 8.12. The minimum absolute atomic E-state index is 0.0113. The third kappa shape index (κ3) is 2.85. The Morgan fingerprint density at radius 1 is 1.13 bits per heavy atom. The van der Waals surface area contributed by atoms with E-state index in [4.69, 9.17) is 12.6 Å². The van der Waals surface area contributed by atoms with Gasteiger partial charge in [0, 0.05) is 42.4 Å². The molecule has 5 heteroatoms. The Bertz CT molecular complexity index is 1610. The minimum atomic E-state index is -2.32. The van der Waals surface area contributed by atoms with Crippen molar-refractivity contribution in [1.82, 2.24) is 9.79 Å². The second-order valence-corrected chi connectivity index (χ2v) is 7.77. The molecule has 1 aliphatic rings. The number of aryl methyl sites for hydroxylation is 3. The number of furan rings is 1. The number of fused-ring (bicyclic) bond motifs is 3. The lowest BCUT2D eigenvalue weighted by molar-refractivity contribution is -0.654. The maximum absolute atomic E-state index is 8.12. The summed E-state index contributed by atoms with van der Waals surface area (Å²) in [4.78, 5) is 6.29. The van der Waals surface area contributed by atoms with E-state index in [1.807, 2.05) is 73.0 Å². The Morgan fingerprint density at radius 3 is 2.73 bits per heavy atom. The summed E-state index contributed by atoms with van der Waals surface area (Å²) < 4.78 is 55.2. The summed E-state index contributed by atoms with van der Waals surface area (Å²) in [6.45, 7) is -2.79. The van der Waals surface area contributed by atoms with Crippen molar-refractivity contribution in [1.29, 1.82) is 0 Å². The molecule has 3 aromatic heterocycles. The van der Waals surface area contributed by atoms with Crippen LogP contribution in [0.3, 0.4) is 0 Å². The second kappa shape index (κ2) is 6.87. The Kier molecular flexibility index (Phi) is 2.99. The molecule has 30 heavy (non-hydrogen) atoms. The van der Waals surface area contributed by atoms with E-state index < -0.39 is 13.7 Å². The predicted molar refractivity (Wildman–Crippen MR) is 122 cm³/mol. The first-order valence-electron chi connectivity index (χ1n) is 12.8. The van der Waals surface area contributed by atoms with E-state index in [1.165, 1.54) is 6.07 Å². The summed E-state index contributed by atoms with van der Waals surface area (Å²) >= 11 is 0. The van der Waals surface area contributed by atoms with Crippen LogP contribution in [0.1, 0.15) is 26.4 Å². The van der Waals surface area contributed by atoms with Gasteiger partial charge in [-0.05, 0) is 50.9 Å². The first-order chi connectivity index (χ1) is 16.9. The Balaban J connectivity index is 1.75. The monoisotopic (exact) mass is 400 g/mol. The SMILES string of the molecule is [2H]C([2H])([2H])c1ccc2c3c(oc2n1)=CN(C)B(c1cc(-c2ccccc2)c(C([2H])([2H])[2H])c[n+]1C)C=3C. The highest BCUT2D eigenvalue weighted by Crippen LogP contribution is 2.22. The number of hydrogen-bond donors (Lipinski definition) is 0. The van der Waals surface area contributed by atoms with Crippen molar-refractivity contribution in [2.24, 2.45) is 7.05 Å². The molecule has 148 valence electrons. The quantitative estimate of drug-likeness (QED) is 0.382. The molecule has 0 unspecified atom stereocenters. The van der Waals surface area contributed by atoms with Crippen LogP contribution in [0.4, 0.5) is 0 Å². The van der Waals surface area contributed by atoms with Gasteiger partial charge in [-0.25, -0.2) is 9.55 Å². The number of benzene rings is 1. The van der Waals surface area contributed by atoms with Crippen molar-refractivity contribution < 1.29 is 17.2 Å². The minimum Gasteiger partial charge on any atom is -0.436 e. The molecule has 1 aliphatic heterocycles. The molecular weight excluding hydrogens is 369 g/mol. The van der Waals surface area contributed by atoms with Gasteiger partial charge in [-0.2, -0.15) is 0 Å². The third-order valence-electron chi connectivity index (χ3n) is 5.79. The van der Waals surface area contributed by atoms with Crippen molar-refractivity contribution in [3.63, 3.8) is 0 Å². The fourth-order valence-electron chi connectivity index (χ4n) is 4.42. The van der Waals surface area contributed by atoms with Crippen LogP contribution < -0.4 is 20.8 Å². The number of hydrogen-bond acceptors (Lipinski definition) is 3. The highest BCUT2D eigenvalue weighted by atomic mass is 16.3. The Morgan fingerprint density at radius 2 is 1.97 bits per heavy atom. The smallest absolute Gasteiger partial charge is 0.399 e. The molecule has 1 aromatic carbocycles. The van der Waals surface area contributed by atoms with E-state index >= 15 is 0 Å². The van der Waals surface area contributed by atoms with Gasteiger partial charge in [0.15, 0.2) is 17.2 Å². The Labute approximate surface area is 185 Å². The average Bonchev–Trinajstić information content (AvgIpc) is 3.16. The molecule has 4 aromatic rings. The lowest BCUT2D eigenvalue weighted by atomic mass is 9.49. The third-order valence-corrected chi connectivity index (χ3v) is 5.79. The molecule has 0 spiro atoms. The molecule has 0 radical (unpaired) electrons. The van der Waals surface area contributed by atoms with Gasteiger partial charge in [0.25, 0.3) is 0 Å². The van der Waals surface area contributed by atoms with E-state index in [-0.39, 0.29) is 23.8 Å². The zero-order valence-corrected chi connectivity index (χ0v) is 17.1. The molecule has 0 saturated carbocycles. The van der Waals surface area contributed by atoms with Crippen LogP contribution in [0.15, 0.2) is 59.1 Å². The van der Waals surface area contributed by atoms with Crippen LogP contribution >= 0.6 is 0 Å². The summed E-state index contributed by atoms with van der Waals surface area (Å²) in [5.41, 5.74) is 4.57. The van der Waals surface area contributed by atoms with Crippen LogP contribution in [0, 0.1) is 13.7 Å². The van der Waals surface area contributed by atoms with Crippen molar-refractivity contribution in [3.05, 3.63) is 76.6 Å². The molecule has 0 aliphatic carbocycles. The van der Waals surface area contributed by atoms with Crippen molar-refractivity contribution in [2.75, 3.05) is 7.05 Å². The van der Waals surface area contributed by atoms with Crippen molar-refractivity contribution >= 4 is 35.2 Å². The molecule has 4 nitrogen and oxygen atoms in total.